The van der Waals surface area contributed by atoms with Gasteiger partial charge < -0.3 is 9.80 Å². The van der Waals surface area contributed by atoms with E-state index < -0.39 is 21.9 Å². The summed E-state index contributed by atoms with van der Waals surface area (Å²) in [6.07, 6.45) is -4.61. The van der Waals surface area contributed by atoms with Gasteiger partial charge in [-0.25, -0.2) is 23.0 Å². The van der Waals surface area contributed by atoms with E-state index in [0.717, 1.165) is 16.3 Å². The second-order valence-corrected chi connectivity index (χ2v) is 9.36. The first kappa shape index (κ1) is 26.9. The first-order valence-corrected chi connectivity index (χ1v) is 11.4. The second-order valence-electron chi connectivity index (χ2n) is 7.80. The molecule has 3 rings (SSSR count). The van der Waals surface area contributed by atoms with E-state index >= 15 is 0 Å². The first-order chi connectivity index (χ1) is 15.6. The third-order valence-electron chi connectivity index (χ3n) is 4.52. The van der Waals surface area contributed by atoms with Gasteiger partial charge in [0.05, 0.1) is 16.3 Å². The lowest BCUT2D eigenvalue weighted by Crippen LogP contribution is -2.33. The number of carbonyl (C=O) groups is 1. The van der Waals surface area contributed by atoms with Crippen molar-refractivity contribution < 1.29 is 26.4 Å². The molecule has 34 heavy (non-hydrogen) atoms. The largest absolute Gasteiger partial charge is 0.435 e. The number of hydrogen-bond acceptors (Lipinski definition) is 4. The van der Waals surface area contributed by atoms with Gasteiger partial charge in [-0.1, -0.05) is 29.8 Å². The molecular weight excluding hydrogens is 471 g/mol. The fourth-order valence-corrected chi connectivity index (χ4v) is 3.34. The number of alkyl halides is 3. The molecule has 0 saturated carbocycles. The van der Waals surface area contributed by atoms with Crippen molar-refractivity contribution in [2.75, 3.05) is 28.2 Å². The van der Waals surface area contributed by atoms with E-state index in [1.807, 2.05) is 6.92 Å². The highest BCUT2D eigenvalue weighted by atomic mass is 32.2. The maximum atomic E-state index is 13.1. The van der Waals surface area contributed by atoms with E-state index in [9.17, 15) is 26.4 Å². The summed E-state index contributed by atoms with van der Waals surface area (Å²) in [6.45, 7) is 1.87. The molecule has 2 N–H and O–H groups in total. The van der Waals surface area contributed by atoms with Crippen LogP contribution in [0.5, 0.6) is 0 Å². The van der Waals surface area contributed by atoms with Crippen molar-refractivity contribution in [2.45, 2.75) is 18.0 Å². The smallest absolute Gasteiger partial charge is 0.331 e. The van der Waals surface area contributed by atoms with Crippen LogP contribution in [0.4, 0.5) is 18.0 Å². The zero-order valence-electron chi connectivity index (χ0n) is 19.3. The highest BCUT2D eigenvalue weighted by molar-refractivity contribution is 7.89. The summed E-state index contributed by atoms with van der Waals surface area (Å²) in [5.74, 6) is 0. The summed E-state index contributed by atoms with van der Waals surface area (Å²) >= 11 is 0. The lowest BCUT2D eigenvalue weighted by atomic mass is 10.1. The van der Waals surface area contributed by atoms with Crippen LogP contribution in [-0.2, 0) is 16.2 Å². The molecular formula is C22H26F3N5O3S. The SMILES string of the molecule is CN(C)C(=O)N(C)C.Cc1ccc(-c2cc(C(F)(F)F)nn2-c2ccc(S(N)(=O)=O)cc2)cc1. The number of aromatic nitrogens is 2. The molecule has 0 fully saturated rings. The van der Waals surface area contributed by atoms with Crippen LogP contribution in [0.1, 0.15) is 11.3 Å². The minimum Gasteiger partial charge on any atom is -0.331 e. The van der Waals surface area contributed by atoms with Crippen molar-refractivity contribution in [3.8, 4) is 16.9 Å². The fourth-order valence-electron chi connectivity index (χ4n) is 2.82. The number of benzene rings is 2. The Bertz CT molecular complexity index is 1220. The number of urea groups is 1. The molecule has 0 radical (unpaired) electrons. The average molecular weight is 498 g/mol. The van der Waals surface area contributed by atoms with Crippen LogP contribution in [0.3, 0.4) is 0 Å². The number of sulfonamides is 1. The minimum absolute atomic E-state index is 0.0185. The third kappa shape index (κ3) is 6.81. The quantitative estimate of drug-likeness (QED) is 0.596. The van der Waals surface area contributed by atoms with E-state index in [1.165, 1.54) is 34.1 Å². The van der Waals surface area contributed by atoms with Crippen molar-refractivity contribution >= 4 is 16.1 Å². The number of rotatable bonds is 3. The van der Waals surface area contributed by atoms with Gasteiger partial charge in [0, 0.05) is 33.8 Å². The molecule has 12 heteroatoms. The van der Waals surface area contributed by atoms with Crippen molar-refractivity contribution in [2.24, 2.45) is 5.14 Å². The van der Waals surface area contributed by atoms with Gasteiger partial charge in [0.15, 0.2) is 5.69 Å². The van der Waals surface area contributed by atoms with Crippen molar-refractivity contribution in [3.63, 3.8) is 0 Å². The van der Waals surface area contributed by atoms with Crippen LogP contribution in [0.25, 0.3) is 16.9 Å². The molecule has 0 aliphatic rings. The normalized spacial score (nSPS) is 11.4. The monoisotopic (exact) mass is 497 g/mol. The standard InChI is InChI=1S/C17H14F3N3O2S.C5H12N2O/c1-11-2-4-12(5-3-11)15-10-16(17(18,19)20)22-23(15)13-6-8-14(9-7-13)26(21,24)25;1-6(2)5(8)7(3)4/h2-10H,1H3,(H2,21,24,25);1-4H3. The summed E-state index contributed by atoms with van der Waals surface area (Å²) in [6, 6.07) is 13.1. The Balaban J connectivity index is 0.000000440. The number of hydrogen-bond donors (Lipinski definition) is 1. The Morgan fingerprint density at radius 1 is 0.941 bits per heavy atom. The van der Waals surface area contributed by atoms with Crippen LogP contribution in [0.15, 0.2) is 59.5 Å². The Morgan fingerprint density at radius 2 is 1.44 bits per heavy atom. The Kier molecular flexibility index (Phi) is 8.11. The minimum atomic E-state index is -4.61. The van der Waals surface area contributed by atoms with Crippen molar-refractivity contribution in [1.82, 2.24) is 19.6 Å². The molecule has 0 aliphatic carbocycles. The molecule has 0 atom stereocenters. The average Bonchev–Trinajstić information content (AvgIpc) is 3.19. The third-order valence-corrected chi connectivity index (χ3v) is 5.45. The predicted molar refractivity (Wildman–Crippen MR) is 123 cm³/mol. The van der Waals surface area contributed by atoms with Gasteiger partial charge >= 0.3 is 12.2 Å². The maximum Gasteiger partial charge on any atom is 0.435 e. The summed E-state index contributed by atoms with van der Waals surface area (Å²) in [4.78, 5) is 13.6. The molecule has 3 aromatic rings. The molecule has 1 aromatic heterocycles. The molecule has 8 nitrogen and oxygen atoms in total. The molecule has 2 amide bonds. The molecule has 0 bridgehead atoms. The summed E-state index contributed by atoms with van der Waals surface area (Å²) < 4.78 is 63.2. The fraction of sp³-hybridized carbons (Fsp3) is 0.273. The highest BCUT2D eigenvalue weighted by Crippen LogP contribution is 2.33. The van der Waals surface area contributed by atoms with Gasteiger partial charge in [-0.15, -0.1) is 0 Å². The van der Waals surface area contributed by atoms with Crippen LogP contribution in [0, 0.1) is 6.92 Å². The number of primary sulfonamides is 1. The van der Waals surface area contributed by atoms with Crippen molar-refractivity contribution in [1.29, 1.82) is 0 Å². The molecule has 1 heterocycles. The lowest BCUT2D eigenvalue weighted by molar-refractivity contribution is -0.141. The Morgan fingerprint density at radius 3 is 1.82 bits per heavy atom. The van der Waals surface area contributed by atoms with Gasteiger partial charge in [0.1, 0.15) is 0 Å². The topological polar surface area (TPSA) is 102 Å². The number of nitrogens with two attached hydrogens (primary N) is 1. The summed E-state index contributed by atoms with van der Waals surface area (Å²) in [5, 5.41) is 8.70. The maximum absolute atomic E-state index is 13.1. The van der Waals surface area contributed by atoms with E-state index in [2.05, 4.69) is 5.10 Å². The van der Waals surface area contributed by atoms with E-state index in [4.69, 9.17) is 5.14 Å². The number of amides is 2. The summed E-state index contributed by atoms with van der Waals surface area (Å²) in [7, 11) is 3.00. The number of nitrogens with zero attached hydrogens (tertiary/aromatic N) is 4. The van der Waals surface area contributed by atoms with Crippen molar-refractivity contribution in [3.05, 3.63) is 65.9 Å². The molecule has 0 saturated heterocycles. The zero-order valence-corrected chi connectivity index (χ0v) is 20.1. The van der Waals surface area contributed by atoms with Crippen LogP contribution in [0.2, 0.25) is 0 Å². The highest BCUT2D eigenvalue weighted by Gasteiger charge is 2.35. The molecule has 0 unspecified atom stereocenters. The van der Waals surface area contributed by atoms with E-state index in [1.54, 1.807) is 52.5 Å². The van der Waals surface area contributed by atoms with E-state index in [0.29, 0.717) is 5.56 Å². The molecule has 0 aliphatic heterocycles. The molecule has 0 spiro atoms. The molecule has 2 aromatic carbocycles. The number of carbonyl (C=O) groups excluding carboxylic acids is 1. The Hall–Kier alpha value is -3.38. The zero-order chi connectivity index (χ0) is 25.8. The Labute approximate surface area is 196 Å². The lowest BCUT2D eigenvalue weighted by Gasteiger charge is -2.16. The number of aryl methyl sites for hydroxylation is 1. The van der Waals surface area contributed by atoms with Crippen LogP contribution >= 0.6 is 0 Å². The first-order valence-electron chi connectivity index (χ1n) is 9.87. The van der Waals surface area contributed by atoms with Gasteiger partial charge in [-0.2, -0.15) is 18.3 Å². The van der Waals surface area contributed by atoms with Crippen LogP contribution < -0.4 is 5.14 Å². The van der Waals surface area contributed by atoms with Gasteiger partial charge in [0.25, 0.3) is 0 Å². The van der Waals surface area contributed by atoms with Gasteiger partial charge in [-0.05, 0) is 37.3 Å². The molecule has 184 valence electrons. The summed E-state index contributed by atoms with van der Waals surface area (Å²) in [5.41, 5.74) is 0.996. The number of halogens is 3. The van der Waals surface area contributed by atoms with E-state index in [-0.39, 0.29) is 22.3 Å². The predicted octanol–water partition coefficient (Wildman–Crippen LogP) is 3.74. The van der Waals surface area contributed by atoms with Gasteiger partial charge in [-0.3, -0.25) is 0 Å². The van der Waals surface area contributed by atoms with Crippen LogP contribution in [-0.4, -0.2) is 62.2 Å². The second kappa shape index (κ2) is 10.3. The van der Waals surface area contributed by atoms with Gasteiger partial charge in [0.2, 0.25) is 10.0 Å².